The lowest BCUT2D eigenvalue weighted by Gasteiger charge is -2.10. The summed E-state index contributed by atoms with van der Waals surface area (Å²) in [6.07, 6.45) is 0. The van der Waals surface area contributed by atoms with Gasteiger partial charge in [0.15, 0.2) is 5.78 Å². The van der Waals surface area contributed by atoms with E-state index in [0.29, 0.717) is 11.3 Å². The highest BCUT2D eigenvalue weighted by molar-refractivity contribution is 9.10. The van der Waals surface area contributed by atoms with Gasteiger partial charge in [-0.15, -0.1) is 11.8 Å². The van der Waals surface area contributed by atoms with Crippen molar-refractivity contribution in [3.63, 3.8) is 0 Å². The molecule has 18 heavy (non-hydrogen) atoms. The van der Waals surface area contributed by atoms with E-state index in [1.807, 2.05) is 26.0 Å². The van der Waals surface area contributed by atoms with Gasteiger partial charge in [0.05, 0.1) is 5.75 Å². The summed E-state index contributed by atoms with van der Waals surface area (Å²) >= 11 is 4.74. The zero-order valence-electron chi connectivity index (χ0n) is 10.6. The van der Waals surface area contributed by atoms with Gasteiger partial charge < -0.3 is 5.32 Å². The lowest BCUT2D eigenvalue weighted by Crippen LogP contribution is -2.31. The topological polar surface area (TPSA) is 46.2 Å². The number of hydrogen-bond acceptors (Lipinski definition) is 3. The van der Waals surface area contributed by atoms with E-state index >= 15 is 0 Å². The monoisotopic (exact) mass is 329 g/mol. The summed E-state index contributed by atoms with van der Waals surface area (Å²) < 4.78 is 0.902. The third-order valence-corrected chi connectivity index (χ3v) is 3.68. The van der Waals surface area contributed by atoms with Crippen LogP contribution in [0.4, 0.5) is 0 Å². The maximum atomic E-state index is 11.6. The molecule has 0 heterocycles. The molecule has 0 unspecified atom stereocenters. The molecule has 3 nitrogen and oxygen atoms in total. The molecular formula is C13H16BrNO2S. The minimum absolute atomic E-state index is 0.00858. The number of Topliss-reactive ketones (excluding diaryl/α,β-unsaturated/α-hetero) is 1. The Morgan fingerprint density at radius 1 is 1.39 bits per heavy atom. The highest BCUT2D eigenvalue weighted by Crippen LogP contribution is 2.26. The van der Waals surface area contributed by atoms with E-state index in [-0.39, 0.29) is 17.7 Å². The van der Waals surface area contributed by atoms with Gasteiger partial charge in [0.1, 0.15) is 0 Å². The molecule has 0 radical (unpaired) electrons. The summed E-state index contributed by atoms with van der Waals surface area (Å²) in [4.78, 5) is 23.9. The molecule has 0 bridgehead atoms. The largest absolute Gasteiger partial charge is 0.353 e. The Bertz CT molecular complexity index is 460. The summed E-state index contributed by atoms with van der Waals surface area (Å²) in [6.45, 7) is 5.37. The summed E-state index contributed by atoms with van der Waals surface area (Å²) in [7, 11) is 0. The Morgan fingerprint density at radius 3 is 2.61 bits per heavy atom. The average molecular weight is 330 g/mol. The second-order valence-electron chi connectivity index (χ2n) is 4.21. The first-order valence-electron chi connectivity index (χ1n) is 5.62. The average Bonchev–Trinajstić information content (AvgIpc) is 2.25. The number of rotatable bonds is 5. The number of halogens is 1. The molecule has 0 aliphatic rings. The van der Waals surface area contributed by atoms with Crippen LogP contribution in [0.5, 0.6) is 0 Å². The number of hydrogen-bond donors (Lipinski definition) is 1. The van der Waals surface area contributed by atoms with Crippen molar-refractivity contribution in [1.82, 2.24) is 5.32 Å². The number of ketones is 1. The van der Waals surface area contributed by atoms with E-state index in [0.717, 1.165) is 9.37 Å². The van der Waals surface area contributed by atoms with Crippen molar-refractivity contribution in [2.45, 2.75) is 31.7 Å². The summed E-state index contributed by atoms with van der Waals surface area (Å²) in [5, 5.41) is 2.82. The van der Waals surface area contributed by atoms with Crippen molar-refractivity contribution < 1.29 is 9.59 Å². The van der Waals surface area contributed by atoms with Gasteiger partial charge in [-0.05, 0) is 39.0 Å². The molecule has 98 valence electrons. The van der Waals surface area contributed by atoms with E-state index in [2.05, 4.69) is 21.2 Å². The van der Waals surface area contributed by atoms with Crippen LogP contribution in [0.25, 0.3) is 0 Å². The molecule has 1 amide bonds. The molecule has 0 spiro atoms. The lowest BCUT2D eigenvalue weighted by atomic mass is 10.1. The number of nitrogens with one attached hydrogen (secondary N) is 1. The van der Waals surface area contributed by atoms with Gasteiger partial charge in [0.2, 0.25) is 5.91 Å². The third kappa shape index (κ3) is 4.82. The van der Waals surface area contributed by atoms with E-state index in [1.165, 1.54) is 18.7 Å². The van der Waals surface area contributed by atoms with Gasteiger partial charge in [-0.2, -0.15) is 0 Å². The standard InChI is InChI=1S/C13H16BrNO2S/c1-8(2)15-13(17)7-18-12-6-10(14)4-5-11(12)9(3)16/h4-6,8H,7H2,1-3H3,(H,15,17). The van der Waals surface area contributed by atoms with Gasteiger partial charge in [0, 0.05) is 21.0 Å². The zero-order valence-corrected chi connectivity index (χ0v) is 13.0. The fourth-order valence-corrected chi connectivity index (χ4v) is 2.87. The Labute approximate surface area is 120 Å². The van der Waals surface area contributed by atoms with Crippen LogP contribution in [0.1, 0.15) is 31.1 Å². The molecule has 1 aromatic rings. The van der Waals surface area contributed by atoms with Crippen molar-refractivity contribution >= 4 is 39.4 Å². The Hall–Kier alpha value is -0.810. The fraction of sp³-hybridized carbons (Fsp3) is 0.385. The number of carbonyl (C=O) groups excluding carboxylic acids is 2. The Balaban J connectivity index is 2.74. The predicted molar refractivity (Wildman–Crippen MR) is 78.1 cm³/mol. The van der Waals surface area contributed by atoms with E-state index < -0.39 is 0 Å². The van der Waals surface area contributed by atoms with Crippen LogP contribution in [0.2, 0.25) is 0 Å². The molecular weight excluding hydrogens is 314 g/mol. The minimum atomic E-state index is -0.0236. The first-order chi connectivity index (χ1) is 8.40. The van der Waals surface area contributed by atoms with Gasteiger partial charge in [0.25, 0.3) is 0 Å². The predicted octanol–water partition coefficient (Wildman–Crippen LogP) is 3.27. The number of thioether (sulfide) groups is 1. The summed E-state index contributed by atoms with van der Waals surface area (Å²) in [6, 6.07) is 5.60. The molecule has 5 heteroatoms. The van der Waals surface area contributed by atoms with Gasteiger partial charge >= 0.3 is 0 Å². The molecule has 0 fully saturated rings. The maximum absolute atomic E-state index is 11.6. The van der Waals surface area contributed by atoms with Crippen LogP contribution in [-0.4, -0.2) is 23.5 Å². The van der Waals surface area contributed by atoms with E-state index in [1.54, 1.807) is 6.07 Å². The molecule has 0 aromatic heterocycles. The van der Waals surface area contributed by atoms with Crippen molar-refractivity contribution in [2.75, 3.05) is 5.75 Å². The highest BCUT2D eigenvalue weighted by atomic mass is 79.9. The van der Waals surface area contributed by atoms with Crippen molar-refractivity contribution in [1.29, 1.82) is 0 Å². The van der Waals surface area contributed by atoms with Crippen molar-refractivity contribution in [3.8, 4) is 0 Å². The highest BCUT2D eigenvalue weighted by Gasteiger charge is 2.11. The second-order valence-corrected chi connectivity index (χ2v) is 6.14. The second kappa shape index (κ2) is 6.95. The zero-order chi connectivity index (χ0) is 13.7. The van der Waals surface area contributed by atoms with Gasteiger partial charge in [-0.1, -0.05) is 15.9 Å². The van der Waals surface area contributed by atoms with E-state index in [9.17, 15) is 9.59 Å². The molecule has 1 N–H and O–H groups in total. The molecule has 0 saturated carbocycles. The summed E-state index contributed by atoms with van der Waals surface area (Å²) in [5.74, 6) is 0.299. The Morgan fingerprint density at radius 2 is 2.06 bits per heavy atom. The molecule has 1 aromatic carbocycles. The van der Waals surface area contributed by atoms with Crippen LogP contribution in [0.3, 0.4) is 0 Å². The SMILES string of the molecule is CC(=O)c1ccc(Br)cc1SCC(=O)NC(C)C. The molecule has 0 aliphatic carbocycles. The van der Waals surface area contributed by atoms with Crippen LogP contribution in [-0.2, 0) is 4.79 Å². The molecule has 0 atom stereocenters. The van der Waals surface area contributed by atoms with Crippen LogP contribution < -0.4 is 5.32 Å². The van der Waals surface area contributed by atoms with E-state index in [4.69, 9.17) is 0 Å². The van der Waals surface area contributed by atoms with Gasteiger partial charge in [-0.3, -0.25) is 9.59 Å². The maximum Gasteiger partial charge on any atom is 0.230 e. The quantitative estimate of drug-likeness (QED) is 0.666. The van der Waals surface area contributed by atoms with Crippen LogP contribution >= 0.6 is 27.7 Å². The molecule has 1 rings (SSSR count). The lowest BCUT2D eigenvalue weighted by molar-refractivity contribution is -0.119. The molecule has 0 saturated heterocycles. The van der Waals surface area contributed by atoms with Crippen molar-refractivity contribution in [2.24, 2.45) is 0 Å². The van der Waals surface area contributed by atoms with Gasteiger partial charge in [-0.25, -0.2) is 0 Å². The number of benzene rings is 1. The van der Waals surface area contributed by atoms with Crippen molar-refractivity contribution in [3.05, 3.63) is 28.2 Å². The Kier molecular flexibility index (Phi) is 5.88. The van der Waals surface area contributed by atoms with Crippen LogP contribution in [0.15, 0.2) is 27.6 Å². The first-order valence-corrected chi connectivity index (χ1v) is 7.40. The summed E-state index contributed by atoms with van der Waals surface area (Å²) in [5.41, 5.74) is 0.653. The number of amides is 1. The minimum Gasteiger partial charge on any atom is -0.353 e. The number of carbonyl (C=O) groups is 2. The fourth-order valence-electron chi connectivity index (χ4n) is 1.41. The normalized spacial score (nSPS) is 10.5. The third-order valence-electron chi connectivity index (χ3n) is 2.13. The molecule has 0 aliphatic heterocycles. The smallest absolute Gasteiger partial charge is 0.230 e. The van der Waals surface area contributed by atoms with Crippen LogP contribution in [0, 0.1) is 0 Å². The first kappa shape index (κ1) is 15.2.